The van der Waals surface area contributed by atoms with Crippen LogP contribution in [-0.2, 0) is 12.8 Å². The van der Waals surface area contributed by atoms with E-state index in [0.29, 0.717) is 36.2 Å². The lowest BCUT2D eigenvalue weighted by Crippen LogP contribution is -2.48. The number of H-pyrrole nitrogens is 1. The molecule has 0 saturated carbocycles. The third kappa shape index (κ3) is 5.30. The van der Waals surface area contributed by atoms with E-state index in [1.807, 2.05) is 26.2 Å². The molecule has 156 valence electrons. The van der Waals surface area contributed by atoms with Crippen LogP contribution in [0.15, 0.2) is 30.5 Å². The van der Waals surface area contributed by atoms with Gasteiger partial charge in [-0.3, -0.25) is 14.9 Å². The second kappa shape index (κ2) is 9.80. The minimum atomic E-state index is -0.669. The zero-order valence-corrected chi connectivity index (χ0v) is 16.8. The van der Waals surface area contributed by atoms with Gasteiger partial charge < -0.3 is 26.0 Å². The number of carbonyl (C=O) groups excluding carboxylic acids is 2. The van der Waals surface area contributed by atoms with Crippen LogP contribution in [0.1, 0.15) is 44.8 Å². The highest BCUT2D eigenvalue weighted by atomic mass is 16.3. The van der Waals surface area contributed by atoms with E-state index in [-0.39, 0.29) is 17.9 Å². The molecule has 8 nitrogen and oxygen atoms in total. The number of aryl methyl sites for hydroxylation is 1. The Morgan fingerprint density at radius 2 is 1.90 bits per heavy atom. The minimum Gasteiger partial charge on any atom is -0.378 e. The molecule has 0 aliphatic heterocycles. The van der Waals surface area contributed by atoms with E-state index in [1.165, 1.54) is 0 Å². The average molecular weight is 399 g/mol. The average Bonchev–Trinajstić information content (AvgIpc) is 3.16. The molecular weight excluding hydrogens is 370 g/mol. The van der Waals surface area contributed by atoms with Crippen molar-refractivity contribution in [2.75, 3.05) is 26.0 Å². The van der Waals surface area contributed by atoms with Gasteiger partial charge in [-0.05, 0) is 44.6 Å². The van der Waals surface area contributed by atoms with Crippen LogP contribution in [0.3, 0.4) is 0 Å². The quantitative estimate of drug-likeness (QED) is 0.350. The van der Waals surface area contributed by atoms with Crippen LogP contribution in [0.2, 0.25) is 0 Å². The van der Waals surface area contributed by atoms with Gasteiger partial charge in [-0.15, -0.1) is 0 Å². The zero-order valence-electron chi connectivity index (χ0n) is 16.8. The summed E-state index contributed by atoms with van der Waals surface area (Å²) in [6.07, 6.45) is 3.57. The first-order valence-electron chi connectivity index (χ1n) is 9.91. The second-order valence-corrected chi connectivity index (χ2v) is 7.24. The summed E-state index contributed by atoms with van der Waals surface area (Å²) < 4.78 is 0. The van der Waals surface area contributed by atoms with Crippen molar-refractivity contribution in [3.05, 3.63) is 52.8 Å². The number of rotatable bonds is 9. The summed E-state index contributed by atoms with van der Waals surface area (Å²) in [5, 5.41) is 22.2. The van der Waals surface area contributed by atoms with Crippen LogP contribution in [0.4, 0.5) is 5.69 Å². The largest absolute Gasteiger partial charge is 0.378 e. The summed E-state index contributed by atoms with van der Waals surface area (Å²) >= 11 is 0. The lowest BCUT2D eigenvalue weighted by atomic mass is 9.93. The van der Waals surface area contributed by atoms with E-state index in [2.05, 4.69) is 26.3 Å². The van der Waals surface area contributed by atoms with Gasteiger partial charge in [-0.1, -0.05) is 12.1 Å². The van der Waals surface area contributed by atoms with Crippen LogP contribution >= 0.6 is 0 Å². The predicted molar refractivity (Wildman–Crippen MR) is 112 cm³/mol. The molecule has 1 aliphatic rings. The van der Waals surface area contributed by atoms with Crippen molar-refractivity contribution in [3.8, 4) is 0 Å². The first-order chi connectivity index (χ1) is 14.0. The fourth-order valence-corrected chi connectivity index (χ4v) is 3.53. The number of aliphatic hydroxyl groups excluding tert-OH is 1. The molecule has 8 heteroatoms. The van der Waals surface area contributed by atoms with Gasteiger partial charge in [0.1, 0.15) is 6.23 Å². The molecule has 0 radical (unpaired) electrons. The zero-order chi connectivity index (χ0) is 20.8. The number of nitrogens with one attached hydrogen (secondary N) is 5. The van der Waals surface area contributed by atoms with Crippen LogP contribution in [0.25, 0.3) is 0 Å². The van der Waals surface area contributed by atoms with Gasteiger partial charge in [0.15, 0.2) is 5.78 Å². The molecule has 3 rings (SSSR count). The third-order valence-electron chi connectivity index (χ3n) is 5.21. The van der Waals surface area contributed by atoms with Crippen molar-refractivity contribution >= 4 is 17.4 Å². The molecule has 1 aromatic heterocycles. The summed E-state index contributed by atoms with van der Waals surface area (Å²) in [6, 6.07) is 7.33. The Kier molecular flexibility index (Phi) is 7.16. The summed E-state index contributed by atoms with van der Waals surface area (Å²) in [5.41, 5.74) is 3.37. The Morgan fingerprint density at radius 1 is 1.17 bits per heavy atom. The molecule has 0 bridgehead atoms. The number of benzene rings is 1. The number of hydrogen-bond acceptors (Lipinski definition) is 6. The highest BCUT2D eigenvalue weighted by molar-refractivity contribution is 6.13. The van der Waals surface area contributed by atoms with Gasteiger partial charge >= 0.3 is 0 Å². The van der Waals surface area contributed by atoms with Gasteiger partial charge in [0.25, 0.3) is 5.91 Å². The molecule has 1 amide bonds. The van der Waals surface area contributed by atoms with E-state index in [9.17, 15) is 14.7 Å². The molecule has 2 aromatic rings. The van der Waals surface area contributed by atoms with Crippen molar-refractivity contribution < 1.29 is 14.7 Å². The van der Waals surface area contributed by atoms with E-state index in [0.717, 1.165) is 24.1 Å². The number of aromatic amines is 1. The maximum atomic E-state index is 12.6. The van der Waals surface area contributed by atoms with E-state index < -0.39 is 6.23 Å². The molecule has 1 heterocycles. The maximum Gasteiger partial charge on any atom is 0.257 e. The molecule has 1 aromatic carbocycles. The fraction of sp³-hybridized carbons (Fsp3) is 0.429. The lowest BCUT2D eigenvalue weighted by molar-refractivity contribution is 0.0956. The Hall–Kier alpha value is -2.52. The van der Waals surface area contributed by atoms with Crippen molar-refractivity contribution in [3.63, 3.8) is 0 Å². The Labute approximate surface area is 170 Å². The van der Waals surface area contributed by atoms with Crippen molar-refractivity contribution in [1.82, 2.24) is 20.9 Å². The van der Waals surface area contributed by atoms with Crippen LogP contribution in [0, 0.1) is 0 Å². The van der Waals surface area contributed by atoms with Gasteiger partial charge in [-0.2, -0.15) is 0 Å². The highest BCUT2D eigenvalue weighted by Crippen LogP contribution is 2.24. The smallest absolute Gasteiger partial charge is 0.257 e. The summed E-state index contributed by atoms with van der Waals surface area (Å²) in [7, 11) is 3.70. The molecule has 0 saturated heterocycles. The summed E-state index contributed by atoms with van der Waals surface area (Å²) in [5.74, 6) is -0.273. The number of aliphatic hydroxyl groups is 1. The van der Waals surface area contributed by atoms with E-state index in [4.69, 9.17) is 0 Å². The van der Waals surface area contributed by atoms with E-state index in [1.54, 1.807) is 18.3 Å². The Bertz CT molecular complexity index is 843. The fourth-order valence-electron chi connectivity index (χ4n) is 3.53. The van der Waals surface area contributed by atoms with Gasteiger partial charge in [0.2, 0.25) is 0 Å². The molecule has 0 spiro atoms. The van der Waals surface area contributed by atoms with E-state index >= 15 is 0 Å². The number of amides is 1. The number of fused-ring (bicyclic) bond motifs is 1. The van der Waals surface area contributed by atoms with Crippen molar-refractivity contribution in [2.24, 2.45) is 0 Å². The molecule has 0 fully saturated rings. The maximum absolute atomic E-state index is 12.6. The van der Waals surface area contributed by atoms with Gasteiger partial charge in [0, 0.05) is 37.0 Å². The number of Topliss-reactive ketones (excluding diaryl/α,β-unsaturated/α-hetero) is 1. The molecule has 1 aliphatic carbocycles. The second-order valence-electron chi connectivity index (χ2n) is 7.24. The Balaban J connectivity index is 1.56. The lowest BCUT2D eigenvalue weighted by Gasteiger charge is -2.19. The molecular formula is C21H29N5O3. The first kappa shape index (κ1) is 21.2. The topological polar surface area (TPSA) is 118 Å². The highest BCUT2D eigenvalue weighted by Gasteiger charge is 2.25. The number of anilines is 1. The Morgan fingerprint density at radius 3 is 2.59 bits per heavy atom. The van der Waals surface area contributed by atoms with Crippen LogP contribution in [0.5, 0.6) is 0 Å². The molecule has 6 N–H and O–H groups in total. The van der Waals surface area contributed by atoms with Crippen LogP contribution < -0.4 is 21.3 Å². The third-order valence-corrected chi connectivity index (χ3v) is 5.21. The number of ketones is 1. The summed E-state index contributed by atoms with van der Waals surface area (Å²) in [6.45, 7) is 0.585. The number of likely N-dealkylation sites (N-methyl/N-ethyl adjacent to an activating group) is 2. The first-order valence-corrected chi connectivity index (χ1v) is 9.91. The minimum absolute atomic E-state index is 0.0215. The van der Waals surface area contributed by atoms with Gasteiger partial charge in [0.05, 0.1) is 17.3 Å². The molecule has 29 heavy (non-hydrogen) atoms. The molecule has 1 atom stereocenters. The van der Waals surface area contributed by atoms with Gasteiger partial charge in [-0.25, -0.2) is 0 Å². The monoisotopic (exact) mass is 399 g/mol. The SMILES string of the molecule is CNC(CNC(O)Cc1ccc(NC(=O)c2c[nH]c3c2C(=O)CCC3)cc1)NC. The normalized spacial score (nSPS) is 14.7. The standard InChI is InChI=1S/C21H29N5O3/c1-22-18(23-2)12-25-19(28)10-13-6-8-14(9-7-13)26-21(29)15-11-24-16-4-3-5-17(27)20(15)16/h6-9,11,18-19,22-25,28H,3-5,10,12H2,1-2H3,(H,26,29). The van der Waals surface area contributed by atoms with Crippen molar-refractivity contribution in [2.45, 2.75) is 38.1 Å². The number of hydrogen-bond donors (Lipinski definition) is 6. The van der Waals surface area contributed by atoms with Crippen LogP contribution in [-0.4, -0.2) is 54.8 Å². The number of aromatic nitrogens is 1. The van der Waals surface area contributed by atoms with Crippen molar-refractivity contribution in [1.29, 1.82) is 0 Å². The number of carbonyl (C=O) groups is 2. The molecule has 1 unspecified atom stereocenters. The summed E-state index contributed by atoms with van der Waals surface area (Å²) in [4.78, 5) is 27.8. The predicted octanol–water partition coefficient (Wildman–Crippen LogP) is 1.00.